The molecule has 2 atom stereocenters. The molecule has 1 heterocycles. The number of benzene rings is 1. The predicted molar refractivity (Wildman–Crippen MR) is 78.2 cm³/mol. The number of halogens is 1. The number of aryl methyl sites for hydroxylation is 1. The normalized spacial score (nSPS) is 22.4. The van der Waals surface area contributed by atoms with Crippen molar-refractivity contribution < 1.29 is 8.91 Å². The van der Waals surface area contributed by atoms with E-state index in [-0.39, 0.29) is 11.7 Å². The van der Waals surface area contributed by atoms with Gasteiger partial charge in [-0.3, -0.25) is 0 Å². The highest BCUT2D eigenvalue weighted by Crippen LogP contribution is 2.37. The minimum absolute atomic E-state index is 0.236. The molecular formula is C16H20FN3O. The Balaban J connectivity index is 1.86. The topological polar surface area (TPSA) is 64.9 Å². The van der Waals surface area contributed by atoms with Crippen molar-refractivity contribution in [3.63, 3.8) is 0 Å². The number of rotatable bonds is 3. The van der Waals surface area contributed by atoms with Crippen molar-refractivity contribution in [1.29, 1.82) is 0 Å². The van der Waals surface area contributed by atoms with Gasteiger partial charge in [-0.1, -0.05) is 30.1 Å². The van der Waals surface area contributed by atoms with Crippen LogP contribution in [0.3, 0.4) is 0 Å². The highest BCUT2D eigenvalue weighted by molar-refractivity contribution is 5.55. The molecule has 2 unspecified atom stereocenters. The van der Waals surface area contributed by atoms with Crippen LogP contribution < -0.4 is 5.73 Å². The molecule has 1 aliphatic rings. The van der Waals surface area contributed by atoms with Crippen LogP contribution in [0, 0.1) is 18.7 Å². The molecule has 4 nitrogen and oxygen atoms in total. The summed E-state index contributed by atoms with van der Waals surface area (Å²) in [6.07, 6.45) is 4.52. The van der Waals surface area contributed by atoms with Crippen molar-refractivity contribution in [2.24, 2.45) is 11.7 Å². The third-order valence-electron chi connectivity index (χ3n) is 4.40. The summed E-state index contributed by atoms with van der Waals surface area (Å²) in [7, 11) is 0. The molecule has 2 N–H and O–H groups in total. The molecule has 0 aliphatic heterocycles. The lowest BCUT2D eigenvalue weighted by Gasteiger charge is -2.27. The van der Waals surface area contributed by atoms with Gasteiger partial charge in [0.05, 0.1) is 0 Å². The molecular weight excluding hydrogens is 269 g/mol. The van der Waals surface area contributed by atoms with Crippen LogP contribution in [-0.2, 0) is 0 Å². The highest BCUT2D eigenvalue weighted by atomic mass is 19.1. The molecule has 112 valence electrons. The number of nitrogens with two attached hydrogens (primary N) is 1. The van der Waals surface area contributed by atoms with Crippen molar-refractivity contribution in [1.82, 2.24) is 10.1 Å². The number of nitrogens with zero attached hydrogens (tertiary/aromatic N) is 2. The maximum atomic E-state index is 13.6. The highest BCUT2D eigenvalue weighted by Gasteiger charge is 2.30. The van der Waals surface area contributed by atoms with E-state index >= 15 is 0 Å². The van der Waals surface area contributed by atoms with Crippen LogP contribution in [0.1, 0.15) is 43.1 Å². The summed E-state index contributed by atoms with van der Waals surface area (Å²) in [5.74, 6) is 1.48. The average molecular weight is 289 g/mol. The van der Waals surface area contributed by atoms with E-state index < -0.39 is 0 Å². The van der Waals surface area contributed by atoms with Gasteiger partial charge in [0.1, 0.15) is 5.82 Å². The molecule has 3 rings (SSSR count). The van der Waals surface area contributed by atoms with Crippen LogP contribution in [0.25, 0.3) is 11.4 Å². The van der Waals surface area contributed by atoms with E-state index in [2.05, 4.69) is 10.1 Å². The lowest BCUT2D eigenvalue weighted by molar-refractivity contribution is 0.249. The van der Waals surface area contributed by atoms with Crippen molar-refractivity contribution in [2.75, 3.05) is 6.54 Å². The zero-order chi connectivity index (χ0) is 14.8. The summed E-state index contributed by atoms with van der Waals surface area (Å²) in [6, 6.07) is 4.99. The number of hydrogen-bond acceptors (Lipinski definition) is 4. The fraction of sp³-hybridized carbons (Fsp3) is 0.500. The fourth-order valence-electron chi connectivity index (χ4n) is 3.05. The van der Waals surface area contributed by atoms with Crippen molar-refractivity contribution in [2.45, 2.75) is 38.5 Å². The van der Waals surface area contributed by atoms with Crippen molar-refractivity contribution in [3.8, 4) is 11.4 Å². The van der Waals surface area contributed by atoms with Gasteiger partial charge in [0.15, 0.2) is 0 Å². The van der Waals surface area contributed by atoms with Gasteiger partial charge in [0.2, 0.25) is 11.7 Å². The first-order valence-corrected chi connectivity index (χ1v) is 7.49. The Morgan fingerprint density at radius 1 is 1.33 bits per heavy atom. The number of hydrogen-bond donors (Lipinski definition) is 1. The third-order valence-corrected chi connectivity index (χ3v) is 4.40. The first-order chi connectivity index (χ1) is 10.2. The second-order valence-electron chi connectivity index (χ2n) is 5.81. The molecule has 1 aliphatic carbocycles. The van der Waals surface area contributed by atoms with E-state index in [1.54, 1.807) is 13.0 Å². The molecule has 5 heteroatoms. The van der Waals surface area contributed by atoms with E-state index in [4.69, 9.17) is 10.3 Å². The van der Waals surface area contributed by atoms with Crippen molar-refractivity contribution >= 4 is 0 Å². The average Bonchev–Trinajstić information content (AvgIpc) is 2.99. The molecule has 1 aromatic carbocycles. The lowest BCUT2D eigenvalue weighted by Crippen LogP contribution is -2.25. The lowest BCUT2D eigenvalue weighted by atomic mass is 9.79. The molecule has 0 amide bonds. The third kappa shape index (κ3) is 2.83. The molecule has 1 saturated carbocycles. The predicted octanol–water partition coefficient (Wildman–Crippen LogP) is 3.42. The van der Waals surface area contributed by atoms with Gasteiger partial charge in [-0.25, -0.2) is 4.39 Å². The van der Waals surface area contributed by atoms with Gasteiger partial charge in [-0.2, -0.15) is 4.98 Å². The van der Waals surface area contributed by atoms with Gasteiger partial charge in [-0.15, -0.1) is 0 Å². The molecule has 0 saturated heterocycles. The van der Waals surface area contributed by atoms with Crippen molar-refractivity contribution in [3.05, 3.63) is 35.5 Å². The molecule has 2 aromatic rings. The molecule has 0 radical (unpaired) electrons. The second kappa shape index (κ2) is 5.93. The Morgan fingerprint density at radius 2 is 2.14 bits per heavy atom. The SMILES string of the molecule is Cc1ccc(-c2noc(C3CCCCC3CN)n2)cc1F. The van der Waals surface area contributed by atoms with Gasteiger partial charge in [0.25, 0.3) is 0 Å². The molecule has 0 bridgehead atoms. The summed E-state index contributed by atoms with van der Waals surface area (Å²) < 4.78 is 19.1. The van der Waals surface area contributed by atoms with Gasteiger partial charge >= 0.3 is 0 Å². The zero-order valence-corrected chi connectivity index (χ0v) is 12.2. The zero-order valence-electron chi connectivity index (χ0n) is 12.2. The van der Waals surface area contributed by atoms with Gasteiger partial charge < -0.3 is 10.3 Å². The van der Waals surface area contributed by atoms with E-state index in [1.807, 2.05) is 6.07 Å². The smallest absolute Gasteiger partial charge is 0.230 e. The summed E-state index contributed by atoms with van der Waals surface area (Å²) in [5.41, 5.74) is 7.10. The van der Waals surface area contributed by atoms with E-state index in [1.165, 1.54) is 12.5 Å². The van der Waals surface area contributed by atoms with Crippen LogP contribution in [0.5, 0.6) is 0 Å². The first-order valence-electron chi connectivity index (χ1n) is 7.49. The minimum Gasteiger partial charge on any atom is -0.339 e. The summed E-state index contributed by atoms with van der Waals surface area (Å²) in [5, 5.41) is 4.01. The largest absolute Gasteiger partial charge is 0.339 e. The standard InChI is InChI=1S/C16H20FN3O/c1-10-6-7-11(8-14(10)17)15-19-16(21-20-15)13-5-3-2-4-12(13)9-18/h6-8,12-13H,2-5,9,18H2,1H3. The maximum absolute atomic E-state index is 13.6. The Bertz CT molecular complexity index is 626. The fourth-order valence-corrected chi connectivity index (χ4v) is 3.05. The Kier molecular flexibility index (Phi) is 4.01. The minimum atomic E-state index is -0.253. The molecule has 0 spiro atoms. The summed E-state index contributed by atoms with van der Waals surface area (Å²) in [4.78, 5) is 4.47. The monoisotopic (exact) mass is 289 g/mol. The van der Waals surface area contributed by atoms with Crippen LogP contribution in [-0.4, -0.2) is 16.7 Å². The Labute approximate surface area is 123 Å². The molecule has 21 heavy (non-hydrogen) atoms. The van der Waals surface area contributed by atoms with Crippen LogP contribution in [0.2, 0.25) is 0 Å². The molecule has 1 aromatic heterocycles. The number of aromatic nitrogens is 2. The molecule has 1 fully saturated rings. The maximum Gasteiger partial charge on any atom is 0.230 e. The quantitative estimate of drug-likeness (QED) is 0.940. The van der Waals surface area contributed by atoms with E-state index in [0.29, 0.717) is 35.3 Å². The first kappa shape index (κ1) is 14.2. The summed E-state index contributed by atoms with van der Waals surface area (Å²) in [6.45, 7) is 2.37. The Hall–Kier alpha value is -1.75. The van der Waals surface area contributed by atoms with Crippen LogP contribution in [0.15, 0.2) is 22.7 Å². The second-order valence-corrected chi connectivity index (χ2v) is 5.81. The van der Waals surface area contributed by atoms with Crippen LogP contribution in [0.4, 0.5) is 4.39 Å². The van der Waals surface area contributed by atoms with Gasteiger partial charge in [-0.05, 0) is 43.9 Å². The van der Waals surface area contributed by atoms with Gasteiger partial charge in [0, 0.05) is 11.5 Å². The summed E-state index contributed by atoms with van der Waals surface area (Å²) >= 11 is 0. The van der Waals surface area contributed by atoms with E-state index in [9.17, 15) is 4.39 Å². The Morgan fingerprint density at radius 3 is 2.90 bits per heavy atom. The van der Waals surface area contributed by atoms with E-state index in [0.717, 1.165) is 19.3 Å². The van der Waals surface area contributed by atoms with Crippen LogP contribution >= 0.6 is 0 Å².